The molecule has 0 atom stereocenters. The van der Waals surface area contributed by atoms with Gasteiger partial charge in [0.25, 0.3) is 0 Å². The number of ether oxygens (including phenoxy) is 1. The fraction of sp³-hybridized carbons (Fsp3) is 0.333. The number of nitrogens with zero attached hydrogens (tertiary/aromatic N) is 1. The molecular formula is C15H19N3O3. The third kappa shape index (κ3) is 3.75. The van der Waals surface area contributed by atoms with Crippen LogP contribution in [0, 0.1) is 0 Å². The molecule has 1 aromatic carbocycles. The summed E-state index contributed by atoms with van der Waals surface area (Å²) < 4.78 is 10.5. The van der Waals surface area contributed by atoms with Gasteiger partial charge in [-0.15, -0.1) is 0 Å². The Kier molecular flexibility index (Phi) is 4.81. The van der Waals surface area contributed by atoms with Crippen molar-refractivity contribution in [3.8, 4) is 0 Å². The molecule has 2 rings (SSSR count). The molecule has 0 aliphatic heterocycles. The second kappa shape index (κ2) is 6.78. The zero-order chi connectivity index (χ0) is 15.2. The molecule has 0 amide bonds. The first-order chi connectivity index (χ1) is 10.1. The molecule has 0 radical (unpaired) electrons. The number of hydrogen-bond acceptors (Lipinski definition) is 6. The maximum Gasteiger partial charge on any atom is 0.340 e. The maximum atomic E-state index is 11.8. The lowest BCUT2D eigenvalue weighted by Gasteiger charge is -2.09. The molecule has 112 valence electrons. The number of hydrogen-bond donors (Lipinski definition) is 2. The average molecular weight is 289 g/mol. The van der Waals surface area contributed by atoms with Gasteiger partial charge in [-0.3, -0.25) is 0 Å². The van der Waals surface area contributed by atoms with Crippen LogP contribution in [-0.2, 0) is 17.7 Å². The Balaban J connectivity index is 2.06. The van der Waals surface area contributed by atoms with Gasteiger partial charge in [0, 0.05) is 17.8 Å². The zero-order valence-corrected chi connectivity index (χ0v) is 12.2. The molecule has 6 nitrogen and oxygen atoms in total. The zero-order valence-electron chi connectivity index (χ0n) is 12.2. The van der Waals surface area contributed by atoms with Crippen LogP contribution in [0.4, 0.5) is 11.4 Å². The number of nitrogens with one attached hydrogen (secondary N) is 1. The SMILES string of the molecule is CCOC(=O)c1cc(NCc2ncc(CC)o2)ccc1N. The first-order valence-electron chi connectivity index (χ1n) is 6.88. The number of anilines is 2. The summed E-state index contributed by atoms with van der Waals surface area (Å²) in [7, 11) is 0. The van der Waals surface area contributed by atoms with E-state index < -0.39 is 5.97 Å². The van der Waals surface area contributed by atoms with Crippen LogP contribution in [0.3, 0.4) is 0 Å². The molecule has 0 aliphatic rings. The van der Waals surface area contributed by atoms with Crippen molar-refractivity contribution in [1.29, 1.82) is 0 Å². The Labute approximate surface area is 123 Å². The molecule has 6 heteroatoms. The van der Waals surface area contributed by atoms with Crippen LogP contribution < -0.4 is 11.1 Å². The van der Waals surface area contributed by atoms with Crippen LogP contribution in [-0.4, -0.2) is 17.6 Å². The molecule has 0 saturated carbocycles. The Morgan fingerprint density at radius 2 is 2.24 bits per heavy atom. The van der Waals surface area contributed by atoms with E-state index in [0.29, 0.717) is 30.3 Å². The summed E-state index contributed by atoms with van der Waals surface area (Å²) in [6.07, 6.45) is 2.52. The Hall–Kier alpha value is -2.50. The predicted octanol–water partition coefficient (Wildman–Crippen LogP) is 2.61. The van der Waals surface area contributed by atoms with E-state index in [1.54, 1.807) is 31.3 Å². The van der Waals surface area contributed by atoms with Crippen molar-refractivity contribution in [2.75, 3.05) is 17.7 Å². The number of nitrogen functional groups attached to an aromatic ring is 1. The van der Waals surface area contributed by atoms with Gasteiger partial charge in [-0.2, -0.15) is 0 Å². The number of esters is 1. The van der Waals surface area contributed by atoms with E-state index in [4.69, 9.17) is 14.9 Å². The van der Waals surface area contributed by atoms with Gasteiger partial charge in [0.2, 0.25) is 5.89 Å². The monoisotopic (exact) mass is 289 g/mol. The van der Waals surface area contributed by atoms with Crippen LogP contribution in [0.5, 0.6) is 0 Å². The van der Waals surface area contributed by atoms with Crippen molar-refractivity contribution in [2.45, 2.75) is 26.8 Å². The van der Waals surface area contributed by atoms with Gasteiger partial charge in [0.15, 0.2) is 0 Å². The van der Waals surface area contributed by atoms with Gasteiger partial charge in [-0.1, -0.05) is 6.92 Å². The van der Waals surface area contributed by atoms with Crippen molar-refractivity contribution in [1.82, 2.24) is 4.98 Å². The molecule has 0 fully saturated rings. The minimum atomic E-state index is -0.428. The van der Waals surface area contributed by atoms with Gasteiger partial charge in [-0.25, -0.2) is 9.78 Å². The van der Waals surface area contributed by atoms with Crippen molar-refractivity contribution in [3.63, 3.8) is 0 Å². The highest BCUT2D eigenvalue weighted by Gasteiger charge is 2.12. The summed E-state index contributed by atoms with van der Waals surface area (Å²) >= 11 is 0. The topological polar surface area (TPSA) is 90.4 Å². The van der Waals surface area contributed by atoms with E-state index in [2.05, 4.69) is 10.3 Å². The van der Waals surface area contributed by atoms with E-state index in [0.717, 1.165) is 17.9 Å². The van der Waals surface area contributed by atoms with Gasteiger partial charge >= 0.3 is 5.97 Å². The summed E-state index contributed by atoms with van der Waals surface area (Å²) in [5, 5.41) is 3.14. The van der Waals surface area contributed by atoms with E-state index in [1.807, 2.05) is 6.92 Å². The molecule has 2 aromatic rings. The quantitative estimate of drug-likeness (QED) is 0.627. The van der Waals surface area contributed by atoms with Gasteiger partial charge in [0.1, 0.15) is 5.76 Å². The molecule has 1 aromatic heterocycles. The third-order valence-electron chi connectivity index (χ3n) is 2.94. The Morgan fingerprint density at radius 1 is 1.43 bits per heavy atom. The molecule has 21 heavy (non-hydrogen) atoms. The maximum absolute atomic E-state index is 11.8. The van der Waals surface area contributed by atoms with Crippen molar-refractivity contribution < 1.29 is 13.9 Å². The molecular weight excluding hydrogens is 270 g/mol. The number of oxazole rings is 1. The van der Waals surface area contributed by atoms with Crippen LogP contribution in [0.2, 0.25) is 0 Å². The number of benzene rings is 1. The summed E-state index contributed by atoms with van der Waals surface area (Å²) in [6, 6.07) is 5.13. The van der Waals surface area contributed by atoms with Crippen LogP contribution in [0.1, 0.15) is 35.9 Å². The average Bonchev–Trinajstić information content (AvgIpc) is 2.94. The standard InChI is InChI=1S/C15H19N3O3/c1-3-11-8-18-14(21-11)9-17-10-5-6-13(16)12(7-10)15(19)20-4-2/h5-8,17H,3-4,9,16H2,1-2H3. The number of carbonyl (C=O) groups excluding carboxylic acids is 1. The summed E-state index contributed by atoms with van der Waals surface area (Å²) in [6.45, 7) is 4.51. The van der Waals surface area contributed by atoms with E-state index in [1.165, 1.54) is 0 Å². The molecule has 0 spiro atoms. The highest BCUT2D eigenvalue weighted by atomic mass is 16.5. The first-order valence-corrected chi connectivity index (χ1v) is 6.88. The lowest BCUT2D eigenvalue weighted by Crippen LogP contribution is -2.09. The normalized spacial score (nSPS) is 10.4. The fourth-order valence-electron chi connectivity index (χ4n) is 1.82. The third-order valence-corrected chi connectivity index (χ3v) is 2.94. The smallest absolute Gasteiger partial charge is 0.340 e. The Morgan fingerprint density at radius 3 is 2.90 bits per heavy atom. The number of aryl methyl sites for hydroxylation is 1. The van der Waals surface area contributed by atoms with Crippen molar-refractivity contribution in [2.24, 2.45) is 0 Å². The van der Waals surface area contributed by atoms with Crippen LogP contribution in [0.25, 0.3) is 0 Å². The van der Waals surface area contributed by atoms with Crippen LogP contribution in [0.15, 0.2) is 28.8 Å². The Bertz CT molecular complexity index is 622. The van der Waals surface area contributed by atoms with Gasteiger partial charge < -0.3 is 20.2 Å². The first kappa shape index (κ1) is 14.9. The van der Waals surface area contributed by atoms with Gasteiger partial charge in [-0.05, 0) is 25.1 Å². The molecule has 0 saturated heterocycles. The summed E-state index contributed by atoms with van der Waals surface area (Å²) in [5.74, 6) is 1.01. The van der Waals surface area contributed by atoms with Crippen LogP contribution >= 0.6 is 0 Å². The molecule has 3 N–H and O–H groups in total. The summed E-state index contributed by atoms with van der Waals surface area (Å²) in [4.78, 5) is 15.9. The minimum Gasteiger partial charge on any atom is -0.462 e. The second-order valence-electron chi connectivity index (χ2n) is 4.45. The number of aromatic nitrogens is 1. The number of rotatable bonds is 6. The van der Waals surface area contributed by atoms with Crippen molar-refractivity contribution >= 4 is 17.3 Å². The molecule has 0 aliphatic carbocycles. The van der Waals surface area contributed by atoms with E-state index in [9.17, 15) is 4.79 Å². The number of nitrogens with two attached hydrogens (primary N) is 1. The van der Waals surface area contributed by atoms with E-state index in [-0.39, 0.29) is 0 Å². The highest BCUT2D eigenvalue weighted by molar-refractivity contribution is 5.96. The second-order valence-corrected chi connectivity index (χ2v) is 4.45. The molecule has 0 bridgehead atoms. The number of carbonyl (C=O) groups is 1. The molecule has 0 unspecified atom stereocenters. The van der Waals surface area contributed by atoms with Crippen molar-refractivity contribution in [3.05, 3.63) is 41.6 Å². The predicted molar refractivity (Wildman–Crippen MR) is 80.0 cm³/mol. The lowest BCUT2D eigenvalue weighted by atomic mass is 10.1. The summed E-state index contributed by atoms with van der Waals surface area (Å²) in [5.41, 5.74) is 7.29. The highest BCUT2D eigenvalue weighted by Crippen LogP contribution is 2.19. The molecule has 1 heterocycles. The largest absolute Gasteiger partial charge is 0.462 e. The van der Waals surface area contributed by atoms with E-state index >= 15 is 0 Å². The van der Waals surface area contributed by atoms with Gasteiger partial charge in [0.05, 0.1) is 24.9 Å². The minimum absolute atomic E-state index is 0.312. The fourth-order valence-corrected chi connectivity index (χ4v) is 1.82. The lowest BCUT2D eigenvalue weighted by molar-refractivity contribution is 0.0527.